The first-order valence-electron chi connectivity index (χ1n) is 4.44. The van der Waals surface area contributed by atoms with Gasteiger partial charge in [0, 0.05) is 10.9 Å². The number of nitrogens with zero attached hydrogens (tertiary/aromatic N) is 1. The Morgan fingerprint density at radius 2 is 1.88 bits per heavy atom. The van der Waals surface area contributed by atoms with E-state index < -0.39 is 11.9 Å². The maximum absolute atomic E-state index is 12.3. The number of rotatable bonds is 1. The highest BCUT2D eigenvalue weighted by molar-refractivity contribution is 5.86. The molecule has 0 amide bonds. The van der Waals surface area contributed by atoms with Gasteiger partial charge in [-0.25, -0.2) is 4.98 Å². The van der Waals surface area contributed by atoms with Crippen molar-refractivity contribution in [2.45, 2.75) is 6.18 Å². The summed E-state index contributed by atoms with van der Waals surface area (Å²) in [6.45, 7) is 0. The van der Waals surface area contributed by atoms with Gasteiger partial charge in [-0.2, -0.15) is 13.2 Å². The molecule has 1 heterocycles. The van der Waals surface area contributed by atoms with Crippen LogP contribution in [0.5, 0.6) is 0 Å². The van der Waals surface area contributed by atoms with Gasteiger partial charge in [0.25, 0.3) is 0 Å². The molecule has 0 spiro atoms. The summed E-state index contributed by atoms with van der Waals surface area (Å²) < 4.78 is 37.0. The van der Waals surface area contributed by atoms with E-state index in [1.165, 1.54) is 24.3 Å². The maximum atomic E-state index is 12.3. The summed E-state index contributed by atoms with van der Waals surface area (Å²) in [4.78, 5) is 14.0. The van der Waals surface area contributed by atoms with Gasteiger partial charge in [-0.05, 0) is 24.3 Å². The van der Waals surface area contributed by atoms with E-state index in [0.717, 1.165) is 6.07 Å². The van der Waals surface area contributed by atoms with Gasteiger partial charge in [0.2, 0.25) is 0 Å². The monoisotopic (exact) mass is 225 g/mol. The van der Waals surface area contributed by atoms with Crippen LogP contribution in [0.2, 0.25) is 0 Å². The fourth-order valence-electron chi connectivity index (χ4n) is 1.38. The van der Waals surface area contributed by atoms with Crippen LogP contribution >= 0.6 is 0 Å². The molecule has 1 aromatic carbocycles. The van der Waals surface area contributed by atoms with Crippen LogP contribution < -0.4 is 0 Å². The van der Waals surface area contributed by atoms with E-state index >= 15 is 0 Å². The van der Waals surface area contributed by atoms with E-state index in [1.54, 1.807) is 0 Å². The Hall–Kier alpha value is -1.91. The summed E-state index contributed by atoms with van der Waals surface area (Å²) in [5.41, 5.74) is -0.298. The molecule has 0 N–H and O–H groups in total. The Morgan fingerprint density at radius 1 is 1.12 bits per heavy atom. The molecule has 0 radical (unpaired) electrons. The summed E-state index contributed by atoms with van der Waals surface area (Å²) in [6, 6.07) is 6.53. The number of hydrogen-bond donors (Lipinski definition) is 0. The summed E-state index contributed by atoms with van der Waals surface area (Å²) in [5, 5.41) is 0.512. The first-order chi connectivity index (χ1) is 7.50. The van der Waals surface area contributed by atoms with Crippen molar-refractivity contribution in [1.29, 1.82) is 0 Å². The average molecular weight is 225 g/mol. The van der Waals surface area contributed by atoms with E-state index in [0.29, 0.717) is 17.2 Å². The van der Waals surface area contributed by atoms with E-state index in [4.69, 9.17) is 0 Å². The molecule has 0 saturated carbocycles. The summed E-state index contributed by atoms with van der Waals surface area (Å²) >= 11 is 0. The van der Waals surface area contributed by atoms with Crippen LogP contribution in [-0.2, 0) is 6.18 Å². The first kappa shape index (κ1) is 10.6. The fraction of sp³-hybridized carbons (Fsp3) is 0.0909. The second-order valence-corrected chi connectivity index (χ2v) is 3.26. The minimum atomic E-state index is -4.45. The average Bonchev–Trinajstić information content (AvgIpc) is 2.26. The molecular formula is C11H6F3NO. The van der Waals surface area contributed by atoms with Crippen LogP contribution in [-0.4, -0.2) is 11.3 Å². The van der Waals surface area contributed by atoms with Crippen LogP contribution in [0.3, 0.4) is 0 Å². The highest BCUT2D eigenvalue weighted by Crippen LogP contribution is 2.28. The van der Waals surface area contributed by atoms with Gasteiger partial charge in [0.1, 0.15) is 12.0 Å². The first-order valence-corrected chi connectivity index (χ1v) is 4.44. The van der Waals surface area contributed by atoms with Crippen LogP contribution in [0.1, 0.15) is 16.1 Å². The topological polar surface area (TPSA) is 30.0 Å². The van der Waals surface area contributed by atoms with Crippen LogP contribution in [0, 0.1) is 0 Å². The number of carbonyl (C=O) groups excluding carboxylic acids is 1. The fourth-order valence-corrected chi connectivity index (χ4v) is 1.38. The molecule has 0 fully saturated rings. The van der Waals surface area contributed by atoms with E-state index in [1.807, 2.05) is 0 Å². The molecule has 1 aromatic heterocycles. The number of pyridine rings is 1. The minimum Gasteiger partial charge on any atom is -0.298 e. The predicted molar refractivity (Wildman–Crippen MR) is 52.1 cm³/mol. The molecule has 82 valence electrons. The molecule has 0 saturated heterocycles. The van der Waals surface area contributed by atoms with Gasteiger partial charge in [-0.1, -0.05) is 6.07 Å². The van der Waals surface area contributed by atoms with Crippen molar-refractivity contribution in [3.05, 3.63) is 41.6 Å². The van der Waals surface area contributed by atoms with Crippen molar-refractivity contribution >= 4 is 17.2 Å². The van der Waals surface area contributed by atoms with E-state index in [2.05, 4.69) is 4.98 Å². The molecule has 2 aromatic rings. The molecule has 0 aliphatic carbocycles. The van der Waals surface area contributed by atoms with Gasteiger partial charge in [0.05, 0.1) is 5.52 Å². The smallest absolute Gasteiger partial charge is 0.298 e. The molecule has 0 unspecified atom stereocenters. The van der Waals surface area contributed by atoms with E-state index in [-0.39, 0.29) is 5.52 Å². The Bertz CT molecular complexity index is 548. The van der Waals surface area contributed by atoms with E-state index in [9.17, 15) is 18.0 Å². The van der Waals surface area contributed by atoms with Crippen molar-refractivity contribution in [2.24, 2.45) is 0 Å². The third-order valence-electron chi connectivity index (χ3n) is 2.14. The number of aromatic nitrogens is 1. The number of alkyl halides is 3. The number of aldehydes is 1. The van der Waals surface area contributed by atoms with Crippen molar-refractivity contribution < 1.29 is 18.0 Å². The van der Waals surface area contributed by atoms with Gasteiger partial charge < -0.3 is 0 Å². The zero-order chi connectivity index (χ0) is 11.8. The quantitative estimate of drug-likeness (QED) is 0.698. The van der Waals surface area contributed by atoms with Gasteiger partial charge in [0.15, 0.2) is 0 Å². The van der Waals surface area contributed by atoms with Crippen LogP contribution in [0.15, 0.2) is 30.3 Å². The molecule has 0 bridgehead atoms. The van der Waals surface area contributed by atoms with Crippen molar-refractivity contribution in [3.8, 4) is 0 Å². The van der Waals surface area contributed by atoms with Crippen molar-refractivity contribution in [2.75, 3.05) is 0 Å². The lowest BCUT2D eigenvalue weighted by molar-refractivity contribution is -0.140. The Kier molecular flexibility index (Phi) is 2.38. The number of halogens is 3. The summed E-state index contributed by atoms with van der Waals surface area (Å²) in [6.07, 6.45) is -3.81. The molecule has 16 heavy (non-hydrogen) atoms. The van der Waals surface area contributed by atoms with Crippen molar-refractivity contribution in [3.63, 3.8) is 0 Å². The largest absolute Gasteiger partial charge is 0.433 e. The summed E-state index contributed by atoms with van der Waals surface area (Å²) in [7, 11) is 0. The third-order valence-corrected chi connectivity index (χ3v) is 2.14. The lowest BCUT2D eigenvalue weighted by Crippen LogP contribution is -2.07. The second kappa shape index (κ2) is 3.59. The number of carbonyl (C=O) groups is 1. The lowest BCUT2D eigenvalue weighted by Gasteiger charge is -2.06. The second-order valence-electron chi connectivity index (χ2n) is 3.26. The Balaban J connectivity index is 2.60. The number of benzene rings is 1. The Morgan fingerprint density at radius 3 is 2.50 bits per heavy atom. The van der Waals surface area contributed by atoms with Gasteiger partial charge >= 0.3 is 6.18 Å². The number of hydrogen-bond acceptors (Lipinski definition) is 2. The zero-order valence-corrected chi connectivity index (χ0v) is 7.95. The van der Waals surface area contributed by atoms with Crippen LogP contribution in [0.4, 0.5) is 13.2 Å². The van der Waals surface area contributed by atoms with Gasteiger partial charge in [-0.15, -0.1) is 0 Å². The molecule has 2 nitrogen and oxygen atoms in total. The normalized spacial score (nSPS) is 11.7. The molecule has 2 rings (SSSR count). The molecular weight excluding hydrogens is 219 g/mol. The molecule has 0 aliphatic rings. The standard InChI is InChI=1S/C11H6F3NO/c12-11(13,14)10-4-2-8-5-7(6-16)1-3-9(8)15-10/h1-6H. The maximum Gasteiger partial charge on any atom is 0.433 e. The summed E-state index contributed by atoms with van der Waals surface area (Å²) in [5.74, 6) is 0. The highest BCUT2D eigenvalue weighted by atomic mass is 19.4. The van der Waals surface area contributed by atoms with Gasteiger partial charge in [-0.3, -0.25) is 4.79 Å². The van der Waals surface area contributed by atoms with Crippen molar-refractivity contribution in [1.82, 2.24) is 4.98 Å². The lowest BCUT2D eigenvalue weighted by atomic mass is 10.1. The molecule has 5 heteroatoms. The van der Waals surface area contributed by atoms with Crippen LogP contribution in [0.25, 0.3) is 10.9 Å². The number of fused-ring (bicyclic) bond motifs is 1. The highest BCUT2D eigenvalue weighted by Gasteiger charge is 2.32. The zero-order valence-electron chi connectivity index (χ0n) is 7.95. The predicted octanol–water partition coefficient (Wildman–Crippen LogP) is 3.07. The molecule has 0 aliphatic heterocycles. The molecule has 0 atom stereocenters. The SMILES string of the molecule is O=Cc1ccc2nc(C(F)(F)F)ccc2c1. The Labute approximate surface area is 88.7 Å². The third kappa shape index (κ3) is 1.88. The minimum absolute atomic E-state index is 0.223.